The van der Waals surface area contributed by atoms with Crippen molar-refractivity contribution >= 4 is 17.5 Å². The van der Waals surface area contributed by atoms with Crippen molar-refractivity contribution in [3.63, 3.8) is 0 Å². The standard InChI is InChI=1S/C9H13NO3/c1-13-9(12)5-2-6-7(10)3-4-8(6)11/h6,10H,2-5H2,1H3. The molecular weight excluding hydrogens is 170 g/mol. The molecule has 0 aromatic heterocycles. The Hall–Kier alpha value is -1.19. The molecule has 1 rings (SSSR count). The normalized spacial score (nSPS) is 22.1. The number of methoxy groups -OCH3 is 1. The van der Waals surface area contributed by atoms with E-state index in [0.29, 0.717) is 25.0 Å². The number of esters is 1. The van der Waals surface area contributed by atoms with Crippen LogP contribution in [0.3, 0.4) is 0 Å². The Kier molecular flexibility index (Phi) is 3.17. The van der Waals surface area contributed by atoms with E-state index in [1.807, 2.05) is 0 Å². The Bertz CT molecular complexity index is 231. The number of Topliss-reactive ketones (excluding diaryl/α,β-unsaturated/α-hetero) is 1. The van der Waals surface area contributed by atoms with Crippen LogP contribution in [0.2, 0.25) is 0 Å². The highest BCUT2D eigenvalue weighted by molar-refractivity contribution is 6.09. The van der Waals surface area contributed by atoms with E-state index in [4.69, 9.17) is 5.41 Å². The SMILES string of the molecule is COC(=O)CCC1C(=N)CCC1=O. The van der Waals surface area contributed by atoms with Crippen LogP contribution in [-0.2, 0) is 14.3 Å². The lowest BCUT2D eigenvalue weighted by atomic mass is 9.99. The monoisotopic (exact) mass is 183 g/mol. The first kappa shape index (κ1) is 9.89. The van der Waals surface area contributed by atoms with Gasteiger partial charge in [-0.15, -0.1) is 0 Å². The fourth-order valence-corrected chi connectivity index (χ4v) is 1.50. The number of hydrogen-bond acceptors (Lipinski definition) is 4. The predicted octanol–water partition coefficient (Wildman–Crippen LogP) is 0.938. The van der Waals surface area contributed by atoms with Gasteiger partial charge in [-0.05, 0) is 12.8 Å². The van der Waals surface area contributed by atoms with Crippen LogP contribution < -0.4 is 0 Å². The maximum Gasteiger partial charge on any atom is 0.305 e. The van der Waals surface area contributed by atoms with E-state index >= 15 is 0 Å². The van der Waals surface area contributed by atoms with Crippen LogP contribution in [0.25, 0.3) is 0 Å². The second-order valence-corrected chi connectivity index (χ2v) is 3.16. The molecule has 1 atom stereocenters. The van der Waals surface area contributed by atoms with Gasteiger partial charge in [0.1, 0.15) is 5.78 Å². The molecule has 0 aliphatic heterocycles. The van der Waals surface area contributed by atoms with Crippen LogP contribution in [0.1, 0.15) is 25.7 Å². The summed E-state index contributed by atoms with van der Waals surface area (Å²) in [6.07, 6.45) is 1.69. The third-order valence-corrected chi connectivity index (χ3v) is 2.31. The molecule has 1 fully saturated rings. The fraction of sp³-hybridized carbons (Fsp3) is 0.667. The summed E-state index contributed by atoms with van der Waals surface area (Å²) in [5.41, 5.74) is 0.467. The molecule has 1 N–H and O–H groups in total. The van der Waals surface area contributed by atoms with Crippen LogP contribution in [0.5, 0.6) is 0 Å². The lowest BCUT2D eigenvalue weighted by molar-refractivity contribution is -0.140. The Morgan fingerprint density at radius 1 is 1.62 bits per heavy atom. The quantitative estimate of drug-likeness (QED) is 0.662. The lowest BCUT2D eigenvalue weighted by Gasteiger charge is -2.06. The first-order valence-corrected chi connectivity index (χ1v) is 4.32. The minimum Gasteiger partial charge on any atom is -0.469 e. The highest BCUT2D eigenvalue weighted by atomic mass is 16.5. The number of ether oxygens (including phenoxy) is 1. The van der Waals surface area contributed by atoms with Gasteiger partial charge >= 0.3 is 5.97 Å². The maximum atomic E-state index is 11.2. The van der Waals surface area contributed by atoms with Crippen molar-refractivity contribution in [1.82, 2.24) is 0 Å². The molecule has 1 aliphatic rings. The number of rotatable bonds is 3. The maximum absolute atomic E-state index is 11.2. The van der Waals surface area contributed by atoms with Crippen molar-refractivity contribution in [1.29, 1.82) is 5.41 Å². The van der Waals surface area contributed by atoms with Gasteiger partial charge < -0.3 is 10.1 Å². The summed E-state index contributed by atoms with van der Waals surface area (Å²) in [5.74, 6) is -0.541. The van der Waals surface area contributed by atoms with Crippen LogP contribution in [0.4, 0.5) is 0 Å². The molecule has 4 heteroatoms. The number of nitrogens with one attached hydrogen (secondary N) is 1. The molecule has 0 radical (unpaired) electrons. The topological polar surface area (TPSA) is 67.2 Å². The fourth-order valence-electron chi connectivity index (χ4n) is 1.50. The molecule has 0 heterocycles. The summed E-state index contributed by atoms with van der Waals surface area (Å²) in [7, 11) is 1.32. The molecular formula is C9H13NO3. The zero-order valence-corrected chi connectivity index (χ0v) is 7.63. The Labute approximate surface area is 76.8 Å². The summed E-state index contributed by atoms with van der Waals surface area (Å²) in [6, 6.07) is 0. The Morgan fingerprint density at radius 3 is 2.77 bits per heavy atom. The largest absolute Gasteiger partial charge is 0.469 e. The minimum absolute atomic E-state index is 0.0916. The number of carbonyl (C=O) groups excluding carboxylic acids is 2. The van der Waals surface area contributed by atoms with Crippen molar-refractivity contribution in [2.75, 3.05) is 7.11 Å². The highest BCUT2D eigenvalue weighted by Gasteiger charge is 2.29. The Balaban J connectivity index is 2.40. The number of carbonyl (C=O) groups is 2. The Morgan fingerprint density at radius 2 is 2.31 bits per heavy atom. The molecule has 72 valence electrons. The second-order valence-electron chi connectivity index (χ2n) is 3.16. The van der Waals surface area contributed by atoms with Gasteiger partial charge in [0.2, 0.25) is 0 Å². The molecule has 0 spiro atoms. The molecule has 0 amide bonds. The summed E-state index contributed by atoms with van der Waals surface area (Å²) < 4.78 is 4.46. The average molecular weight is 183 g/mol. The van der Waals surface area contributed by atoms with Gasteiger partial charge in [0, 0.05) is 18.6 Å². The van der Waals surface area contributed by atoms with Gasteiger partial charge in [0.25, 0.3) is 0 Å². The summed E-state index contributed by atoms with van der Waals surface area (Å²) in [5, 5.41) is 7.46. The van der Waals surface area contributed by atoms with E-state index in [1.54, 1.807) is 0 Å². The molecule has 1 saturated carbocycles. The molecule has 0 aromatic rings. The first-order chi connectivity index (χ1) is 6.15. The molecule has 0 bridgehead atoms. The predicted molar refractivity (Wildman–Crippen MR) is 46.7 cm³/mol. The smallest absolute Gasteiger partial charge is 0.305 e. The summed E-state index contributed by atoms with van der Waals surface area (Å²) in [6.45, 7) is 0. The van der Waals surface area contributed by atoms with Gasteiger partial charge in [-0.25, -0.2) is 0 Å². The van der Waals surface area contributed by atoms with Crippen LogP contribution >= 0.6 is 0 Å². The third kappa shape index (κ3) is 2.37. The molecule has 0 saturated heterocycles. The van der Waals surface area contributed by atoms with E-state index in [0.717, 1.165) is 0 Å². The summed E-state index contributed by atoms with van der Waals surface area (Å²) >= 11 is 0. The second kappa shape index (κ2) is 4.16. The van der Waals surface area contributed by atoms with Crippen molar-refractivity contribution in [3.05, 3.63) is 0 Å². The molecule has 13 heavy (non-hydrogen) atoms. The van der Waals surface area contributed by atoms with Crippen LogP contribution in [0, 0.1) is 11.3 Å². The van der Waals surface area contributed by atoms with E-state index in [9.17, 15) is 9.59 Å². The van der Waals surface area contributed by atoms with Crippen molar-refractivity contribution < 1.29 is 14.3 Å². The first-order valence-electron chi connectivity index (χ1n) is 4.32. The van der Waals surface area contributed by atoms with E-state index in [2.05, 4.69) is 4.74 Å². The number of hydrogen-bond donors (Lipinski definition) is 1. The van der Waals surface area contributed by atoms with E-state index in [1.165, 1.54) is 7.11 Å². The van der Waals surface area contributed by atoms with Crippen LogP contribution in [-0.4, -0.2) is 24.6 Å². The average Bonchev–Trinajstić information content (AvgIpc) is 2.43. The molecule has 4 nitrogen and oxygen atoms in total. The highest BCUT2D eigenvalue weighted by Crippen LogP contribution is 2.22. The summed E-state index contributed by atoms with van der Waals surface area (Å²) in [4.78, 5) is 22.0. The molecule has 1 aliphatic carbocycles. The van der Waals surface area contributed by atoms with Crippen molar-refractivity contribution in [2.24, 2.45) is 5.92 Å². The van der Waals surface area contributed by atoms with Gasteiger partial charge in [-0.1, -0.05) is 0 Å². The third-order valence-electron chi connectivity index (χ3n) is 2.31. The zero-order valence-electron chi connectivity index (χ0n) is 7.63. The molecule has 1 unspecified atom stereocenters. The number of ketones is 1. The van der Waals surface area contributed by atoms with E-state index in [-0.39, 0.29) is 24.1 Å². The van der Waals surface area contributed by atoms with Crippen LogP contribution in [0.15, 0.2) is 0 Å². The minimum atomic E-state index is -0.320. The lowest BCUT2D eigenvalue weighted by Crippen LogP contribution is -2.15. The van der Waals surface area contributed by atoms with Gasteiger partial charge in [-0.3, -0.25) is 9.59 Å². The van der Waals surface area contributed by atoms with Crippen molar-refractivity contribution in [3.8, 4) is 0 Å². The molecule has 0 aromatic carbocycles. The van der Waals surface area contributed by atoms with E-state index < -0.39 is 0 Å². The van der Waals surface area contributed by atoms with Crippen molar-refractivity contribution in [2.45, 2.75) is 25.7 Å². The van der Waals surface area contributed by atoms with Gasteiger partial charge in [0.15, 0.2) is 0 Å². The van der Waals surface area contributed by atoms with Gasteiger partial charge in [0.05, 0.1) is 13.0 Å². The van der Waals surface area contributed by atoms with Gasteiger partial charge in [-0.2, -0.15) is 0 Å². The zero-order chi connectivity index (χ0) is 9.84.